The van der Waals surface area contributed by atoms with Gasteiger partial charge in [-0.05, 0) is 37.8 Å². The summed E-state index contributed by atoms with van der Waals surface area (Å²) in [6.45, 7) is 6.41. The first-order chi connectivity index (χ1) is 8.18. The van der Waals surface area contributed by atoms with Crippen LogP contribution in [0, 0.1) is 5.92 Å². The van der Waals surface area contributed by atoms with E-state index in [-0.39, 0.29) is 12.1 Å². The van der Waals surface area contributed by atoms with E-state index < -0.39 is 0 Å². The van der Waals surface area contributed by atoms with Gasteiger partial charge in [0.25, 0.3) is 0 Å². The van der Waals surface area contributed by atoms with Gasteiger partial charge in [0.2, 0.25) is 0 Å². The van der Waals surface area contributed by atoms with Crippen molar-refractivity contribution < 1.29 is 5.11 Å². The number of aliphatic hydroxyl groups excluding tert-OH is 1. The maximum absolute atomic E-state index is 10.1. The van der Waals surface area contributed by atoms with Crippen LogP contribution in [0.15, 0.2) is 30.3 Å². The SMILES string of the molecule is CC(O)[C@H](c1ccccc1)N1CCC[C@H](C)C1. The minimum Gasteiger partial charge on any atom is -0.391 e. The second-order valence-electron chi connectivity index (χ2n) is 5.34. The largest absolute Gasteiger partial charge is 0.391 e. The molecular formula is C15H23NO. The van der Waals surface area contributed by atoms with Crippen LogP contribution in [0.1, 0.15) is 38.3 Å². The number of nitrogens with zero attached hydrogens (tertiary/aromatic N) is 1. The maximum Gasteiger partial charge on any atom is 0.0708 e. The first kappa shape index (κ1) is 12.6. The summed E-state index contributed by atoms with van der Waals surface area (Å²) in [5.41, 5.74) is 1.23. The topological polar surface area (TPSA) is 23.5 Å². The van der Waals surface area contributed by atoms with Gasteiger partial charge in [0.15, 0.2) is 0 Å². The zero-order chi connectivity index (χ0) is 12.3. The van der Waals surface area contributed by atoms with Crippen LogP contribution in [0.5, 0.6) is 0 Å². The van der Waals surface area contributed by atoms with E-state index in [1.54, 1.807) is 0 Å². The molecule has 94 valence electrons. The van der Waals surface area contributed by atoms with Crippen molar-refractivity contribution in [2.75, 3.05) is 13.1 Å². The fourth-order valence-electron chi connectivity index (χ4n) is 2.92. The van der Waals surface area contributed by atoms with E-state index in [0.29, 0.717) is 0 Å². The smallest absolute Gasteiger partial charge is 0.0708 e. The van der Waals surface area contributed by atoms with E-state index in [2.05, 4.69) is 36.1 Å². The van der Waals surface area contributed by atoms with E-state index in [1.807, 2.05) is 13.0 Å². The number of likely N-dealkylation sites (tertiary alicyclic amines) is 1. The number of aliphatic hydroxyl groups is 1. The van der Waals surface area contributed by atoms with Crippen LogP contribution < -0.4 is 0 Å². The molecule has 0 amide bonds. The van der Waals surface area contributed by atoms with Crippen molar-refractivity contribution in [3.63, 3.8) is 0 Å². The van der Waals surface area contributed by atoms with Crippen molar-refractivity contribution in [1.82, 2.24) is 4.90 Å². The van der Waals surface area contributed by atoms with E-state index in [4.69, 9.17) is 0 Å². The molecule has 3 atom stereocenters. The van der Waals surface area contributed by atoms with Crippen molar-refractivity contribution in [1.29, 1.82) is 0 Å². The van der Waals surface area contributed by atoms with Gasteiger partial charge in [0.1, 0.15) is 0 Å². The molecule has 1 fully saturated rings. The number of piperidine rings is 1. The van der Waals surface area contributed by atoms with Crippen molar-refractivity contribution in [3.05, 3.63) is 35.9 Å². The standard InChI is InChI=1S/C15H23NO/c1-12-7-6-10-16(11-12)15(13(2)17)14-8-4-3-5-9-14/h3-5,8-9,12-13,15,17H,6-7,10-11H2,1-2H3/t12-,13?,15+/m0/s1. The number of benzene rings is 1. The third-order valence-electron chi connectivity index (χ3n) is 3.68. The van der Waals surface area contributed by atoms with Gasteiger partial charge in [0, 0.05) is 6.54 Å². The molecule has 1 saturated heterocycles. The minimum absolute atomic E-state index is 0.152. The predicted molar refractivity (Wildman–Crippen MR) is 70.8 cm³/mol. The van der Waals surface area contributed by atoms with Crippen LogP contribution in [0.3, 0.4) is 0 Å². The highest BCUT2D eigenvalue weighted by Crippen LogP contribution is 2.29. The molecule has 1 aromatic rings. The Hall–Kier alpha value is -0.860. The molecule has 2 heteroatoms. The van der Waals surface area contributed by atoms with Gasteiger partial charge in [-0.1, -0.05) is 37.3 Å². The van der Waals surface area contributed by atoms with E-state index >= 15 is 0 Å². The number of rotatable bonds is 3. The maximum atomic E-state index is 10.1. The second-order valence-corrected chi connectivity index (χ2v) is 5.34. The summed E-state index contributed by atoms with van der Waals surface area (Å²) in [5.74, 6) is 0.744. The lowest BCUT2D eigenvalue weighted by atomic mass is 9.94. The number of hydrogen-bond donors (Lipinski definition) is 1. The van der Waals surface area contributed by atoms with Gasteiger partial charge in [-0.3, -0.25) is 4.90 Å². The van der Waals surface area contributed by atoms with Crippen molar-refractivity contribution in [2.24, 2.45) is 5.92 Å². The summed E-state index contributed by atoms with van der Waals surface area (Å²) in [4.78, 5) is 2.44. The molecule has 1 aromatic carbocycles. The van der Waals surface area contributed by atoms with Crippen molar-refractivity contribution >= 4 is 0 Å². The van der Waals surface area contributed by atoms with Gasteiger partial charge < -0.3 is 5.11 Å². The van der Waals surface area contributed by atoms with Crippen LogP contribution in [-0.2, 0) is 0 Å². The molecule has 1 N–H and O–H groups in total. The van der Waals surface area contributed by atoms with Crippen LogP contribution in [0.4, 0.5) is 0 Å². The quantitative estimate of drug-likeness (QED) is 0.867. The summed E-state index contributed by atoms with van der Waals surface area (Å²) in [6.07, 6.45) is 2.25. The lowest BCUT2D eigenvalue weighted by molar-refractivity contribution is 0.0356. The van der Waals surface area contributed by atoms with Crippen LogP contribution in [0.25, 0.3) is 0 Å². The molecule has 1 unspecified atom stereocenters. The minimum atomic E-state index is -0.317. The fraction of sp³-hybridized carbons (Fsp3) is 0.600. The molecule has 0 bridgehead atoms. The Morgan fingerprint density at radius 3 is 2.59 bits per heavy atom. The molecule has 1 aliphatic rings. The molecule has 0 radical (unpaired) electrons. The second kappa shape index (κ2) is 5.65. The molecule has 2 nitrogen and oxygen atoms in total. The van der Waals surface area contributed by atoms with Crippen LogP contribution in [-0.4, -0.2) is 29.2 Å². The summed E-state index contributed by atoms with van der Waals surface area (Å²) < 4.78 is 0. The molecule has 2 rings (SSSR count). The van der Waals surface area contributed by atoms with Crippen molar-refractivity contribution in [2.45, 2.75) is 38.8 Å². The van der Waals surface area contributed by atoms with E-state index in [9.17, 15) is 5.11 Å². The Bertz CT molecular complexity index is 336. The summed E-state index contributed by atoms with van der Waals surface area (Å²) >= 11 is 0. The van der Waals surface area contributed by atoms with E-state index in [1.165, 1.54) is 18.4 Å². The zero-order valence-corrected chi connectivity index (χ0v) is 10.8. The summed E-state index contributed by atoms with van der Waals surface area (Å²) in [6, 6.07) is 10.5. The van der Waals surface area contributed by atoms with Gasteiger partial charge in [-0.15, -0.1) is 0 Å². The van der Waals surface area contributed by atoms with E-state index in [0.717, 1.165) is 19.0 Å². The zero-order valence-electron chi connectivity index (χ0n) is 10.8. The molecule has 0 aromatic heterocycles. The molecular weight excluding hydrogens is 210 g/mol. The van der Waals surface area contributed by atoms with Gasteiger partial charge in [-0.2, -0.15) is 0 Å². The lowest BCUT2D eigenvalue weighted by Crippen LogP contribution is -2.41. The van der Waals surface area contributed by atoms with Gasteiger partial charge in [0.05, 0.1) is 12.1 Å². The first-order valence-corrected chi connectivity index (χ1v) is 6.65. The Morgan fingerprint density at radius 2 is 2.00 bits per heavy atom. The summed E-state index contributed by atoms with van der Waals surface area (Å²) in [7, 11) is 0. The number of hydrogen-bond acceptors (Lipinski definition) is 2. The molecule has 1 heterocycles. The highest BCUT2D eigenvalue weighted by atomic mass is 16.3. The molecule has 0 spiro atoms. The Balaban J connectivity index is 2.17. The Kier molecular flexibility index (Phi) is 4.19. The third-order valence-corrected chi connectivity index (χ3v) is 3.68. The third kappa shape index (κ3) is 3.08. The summed E-state index contributed by atoms with van der Waals surface area (Å²) in [5, 5.41) is 10.1. The van der Waals surface area contributed by atoms with Crippen LogP contribution >= 0.6 is 0 Å². The van der Waals surface area contributed by atoms with Gasteiger partial charge in [-0.25, -0.2) is 0 Å². The normalized spacial score (nSPS) is 25.5. The monoisotopic (exact) mass is 233 g/mol. The molecule has 17 heavy (non-hydrogen) atoms. The fourth-order valence-corrected chi connectivity index (χ4v) is 2.92. The van der Waals surface area contributed by atoms with Gasteiger partial charge >= 0.3 is 0 Å². The highest BCUT2D eigenvalue weighted by Gasteiger charge is 2.28. The Morgan fingerprint density at radius 1 is 1.29 bits per heavy atom. The predicted octanol–water partition coefficient (Wildman–Crippen LogP) is 2.84. The Labute approximate surface area is 104 Å². The molecule has 0 saturated carbocycles. The van der Waals surface area contributed by atoms with Crippen molar-refractivity contribution in [3.8, 4) is 0 Å². The molecule has 1 aliphatic heterocycles. The average molecular weight is 233 g/mol. The van der Waals surface area contributed by atoms with Crippen LogP contribution in [0.2, 0.25) is 0 Å². The molecule has 0 aliphatic carbocycles. The lowest BCUT2D eigenvalue weighted by Gasteiger charge is -2.39. The first-order valence-electron chi connectivity index (χ1n) is 6.65. The highest BCUT2D eigenvalue weighted by molar-refractivity contribution is 5.20. The average Bonchev–Trinajstić information content (AvgIpc) is 2.30.